The third kappa shape index (κ3) is 2.52. The Morgan fingerprint density at radius 2 is 2.11 bits per heavy atom. The Morgan fingerprint density at radius 1 is 1.37 bits per heavy atom. The minimum Gasteiger partial charge on any atom is -0.507 e. The third-order valence-electron chi connectivity index (χ3n) is 3.30. The van der Waals surface area contributed by atoms with E-state index in [-0.39, 0.29) is 0 Å². The monoisotopic (exact) mass is 266 g/mol. The maximum atomic E-state index is 13.7. The van der Waals surface area contributed by atoms with Crippen molar-refractivity contribution >= 4 is 11.8 Å². The lowest BCUT2D eigenvalue weighted by Gasteiger charge is -2.33. The number of aromatic hydroxyl groups is 1. The Kier molecular flexibility index (Phi) is 3.69. The van der Waals surface area contributed by atoms with E-state index in [1.54, 1.807) is 0 Å². The van der Waals surface area contributed by atoms with Gasteiger partial charge in [0.05, 0.1) is 0 Å². The van der Waals surface area contributed by atoms with Crippen LogP contribution in [0.2, 0.25) is 0 Å². The van der Waals surface area contributed by atoms with Crippen LogP contribution in [0.5, 0.6) is 5.75 Å². The van der Waals surface area contributed by atoms with E-state index in [4.69, 9.17) is 5.73 Å². The third-order valence-corrected chi connectivity index (χ3v) is 3.30. The maximum absolute atomic E-state index is 13.7. The second-order valence-electron chi connectivity index (χ2n) is 4.55. The van der Waals surface area contributed by atoms with Crippen LogP contribution in [0.1, 0.15) is 29.6 Å². The van der Waals surface area contributed by atoms with Crippen molar-refractivity contribution in [2.24, 2.45) is 5.73 Å². The molecule has 0 aromatic heterocycles. The van der Waals surface area contributed by atoms with Crippen molar-refractivity contribution < 1.29 is 19.1 Å². The highest BCUT2D eigenvalue weighted by Gasteiger charge is 2.33. The lowest BCUT2D eigenvalue weighted by molar-refractivity contribution is -0.123. The standard InChI is InChI=1S/C13H15FN2O3/c14-8-4-3-6-10(17)11(8)13(19)16-7-2-1-5-9(16)12(15)18/h3-4,6,9,17H,1-2,5,7H2,(H2,15,18). The Labute approximate surface area is 109 Å². The van der Waals surface area contributed by atoms with Crippen LogP contribution in [0.15, 0.2) is 18.2 Å². The first-order valence-electron chi connectivity index (χ1n) is 6.10. The van der Waals surface area contributed by atoms with Gasteiger partial charge in [-0.25, -0.2) is 4.39 Å². The number of primary amides is 1. The number of phenolic OH excluding ortho intramolecular Hbond substituents is 1. The summed E-state index contributed by atoms with van der Waals surface area (Å²) >= 11 is 0. The highest BCUT2D eigenvalue weighted by atomic mass is 19.1. The summed E-state index contributed by atoms with van der Waals surface area (Å²) in [7, 11) is 0. The van der Waals surface area contributed by atoms with Gasteiger partial charge in [-0.05, 0) is 31.4 Å². The fourth-order valence-corrected chi connectivity index (χ4v) is 2.34. The number of phenols is 1. The number of nitrogens with zero attached hydrogens (tertiary/aromatic N) is 1. The van der Waals surface area contributed by atoms with Gasteiger partial charge in [-0.3, -0.25) is 9.59 Å². The van der Waals surface area contributed by atoms with E-state index in [9.17, 15) is 19.1 Å². The molecule has 0 aliphatic carbocycles. The quantitative estimate of drug-likeness (QED) is 0.838. The summed E-state index contributed by atoms with van der Waals surface area (Å²) in [5.41, 5.74) is 4.85. The number of rotatable bonds is 2. The molecular formula is C13H15FN2O3. The molecule has 1 aromatic rings. The van der Waals surface area contributed by atoms with Crippen molar-refractivity contribution in [2.75, 3.05) is 6.54 Å². The van der Waals surface area contributed by atoms with Crippen LogP contribution < -0.4 is 5.73 Å². The molecule has 1 aliphatic rings. The molecule has 0 spiro atoms. The number of hydrogen-bond donors (Lipinski definition) is 2. The minimum atomic E-state index is -0.807. The lowest BCUT2D eigenvalue weighted by Crippen LogP contribution is -2.50. The van der Waals surface area contributed by atoms with Crippen LogP contribution >= 0.6 is 0 Å². The van der Waals surface area contributed by atoms with E-state index in [1.807, 2.05) is 0 Å². The zero-order chi connectivity index (χ0) is 14.0. The van der Waals surface area contributed by atoms with Gasteiger partial charge in [0, 0.05) is 6.54 Å². The van der Waals surface area contributed by atoms with Crippen LogP contribution in [-0.2, 0) is 4.79 Å². The second-order valence-corrected chi connectivity index (χ2v) is 4.55. The molecule has 1 saturated heterocycles. The summed E-state index contributed by atoms with van der Waals surface area (Å²) in [6.45, 7) is 0.334. The lowest BCUT2D eigenvalue weighted by atomic mass is 10.00. The molecule has 2 amide bonds. The molecule has 102 valence electrons. The Hall–Kier alpha value is -2.11. The summed E-state index contributed by atoms with van der Waals surface area (Å²) in [6, 6.07) is 2.90. The molecule has 6 heteroatoms. The van der Waals surface area contributed by atoms with Crippen molar-refractivity contribution in [2.45, 2.75) is 25.3 Å². The molecule has 0 bridgehead atoms. The van der Waals surface area contributed by atoms with Gasteiger partial charge in [0.1, 0.15) is 23.2 Å². The van der Waals surface area contributed by atoms with Gasteiger partial charge < -0.3 is 15.7 Å². The average molecular weight is 266 g/mol. The number of carbonyl (C=O) groups is 2. The fraction of sp³-hybridized carbons (Fsp3) is 0.385. The molecule has 0 radical (unpaired) electrons. The number of benzene rings is 1. The summed E-state index contributed by atoms with van der Waals surface area (Å²) in [5.74, 6) is -2.54. The molecule has 3 N–H and O–H groups in total. The normalized spacial score (nSPS) is 19.2. The average Bonchev–Trinajstić information content (AvgIpc) is 2.38. The van der Waals surface area contributed by atoms with Crippen molar-refractivity contribution in [3.63, 3.8) is 0 Å². The molecule has 5 nitrogen and oxygen atoms in total. The number of amides is 2. The first-order chi connectivity index (χ1) is 9.02. The van der Waals surface area contributed by atoms with Gasteiger partial charge in [-0.15, -0.1) is 0 Å². The highest BCUT2D eigenvalue weighted by Crippen LogP contribution is 2.25. The van der Waals surface area contributed by atoms with Crippen molar-refractivity contribution in [1.29, 1.82) is 0 Å². The Bertz CT molecular complexity index is 498. The SMILES string of the molecule is NC(=O)C1CCCCN1C(=O)c1c(O)cccc1F. The number of nitrogens with two attached hydrogens (primary N) is 1. The van der Waals surface area contributed by atoms with Crippen LogP contribution in [0, 0.1) is 5.82 Å². The molecule has 1 unspecified atom stereocenters. The van der Waals surface area contributed by atoms with E-state index < -0.39 is 35.0 Å². The number of carbonyl (C=O) groups excluding carboxylic acids is 2. The zero-order valence-electron chi connectivity index (χ0n) is 10.3. The first-order valence-corrected chi connectivity index (χ1v) is 6.10. The van der Waals surface area contributed by atoms with Gasteiger partial charge in [-0.2, -0.15) is 0 Å². The molecule has 1 fully saturated rings. The minimum absolute atomic E-state index is 0.334. The summed E-state index contributed by atoms with van der Waals surface area (Å²) in [6.07, 6.45) is 1.99. The van der Waals surface area contributed by atoms with Crippen LogP contribution in [0.4, 0.5) is 4.39 Å². The summed E-state index contributed by atoms with van der Waals surface area (Å²) in [5, 5.41) is 9.61. The van der Waals surface area contributed by atoms with Crippen LogP contribution in [0.25, 0.3) is 0 Å². The summed E-state index contributed by atoms with van der Waals surface area (Å²) < 4.78 is 13.7. The first kappa shape index (κ1) is 13.3. The van der Waals surface area contributed by atoms with E-state index in [0.717, 1.165) is 18.9 Å². The molecular weight excluding hydrogens is 251 g/mol. The van der Waals surface area contributed by atoms with E-state index >= 15 is 0 Å². The van der Waals surface area contributed by atoms with Crippen molar-refractivity contribution in [3.05, 3.63) is 29.6 Å². The molecule has 1 aliphatic heterocycles. The number of hydrogen-bond acceptors (Lipinski definition) is 3. The largest absolute Gasteiger partial charge is 0.507 e. The number of halogens is 1. The molecule has 19 heavy (non-hydrogen) atoms. The maximum Gasteiger partial charge on any atom is 0.261 e. The molecule has 2 rings (SSSR count). The molecule has 1 atom stereocenters. The molecule has 1 aromatic carbocycles. The summed E-state index contributed by atoms with van der Waals surface area (Å²) in [4.78, 5) is 24.9. The topological polar surface area (TPSA) is 83.6 Å². The van der Waals surface area contributed by atoms with Crippen LogP contribution in [-0.4, -0.2) is 34.4 Å². The predicted molar refractivity (Wildman–Crippen MR) is 65.9 cm³/mol. The predicted octanol–water partition coefficient (Wildman–Crippen LogP) is 1.01. The number of piperidine rings is 1. The zero-order valence-corrected chi connectivity index (χ0v) is 10.3. The van der Waals surface area contributed by atoms with Crippen molar-refractivity contribution in [3.8, 4) is 5.75 Å². The Morgan fingerprint density at radius 3 is 2.74 bits per heavy atom. The second kappa shape index (κ2) is 5.26. The highest BCUT2D eigenvalue weighted by molar-refractivity contribution is 5.99. The fourth-order valence-electron chi connectivity index (χ4n) is 2.34. The molecule has 1 heterocycles. The van der Waals surface area contributed by atoms with Gasteiger partial charge in [0.25, 0.3) is 5.91 Å². The van der Waals surface area contributed by atoms with Gasteiger partial charge in [0.15, 0.2) is 0 Å². The van der Waals surface area contributed by atoms with Gasteiger partial charge >= 0.3 is 0 Å². The van der Waals surface area contributed by atoms with Crippen LogP contribution in [0.3, 0.4) is 0 Å². The van der Waals surface area contributed by atoms with Crippen molar-refractivity contribution in [1.82, 2.24) is 4.90 Å². The Balaban J connectivity index is 2.34. The van der Waals surface area contributed by atoms with E-state index in [2.05, 4.69) is 0 Å². The van der Waals surface area contributed by atoms with E-state index in [0.29, 0.717) is 13.0 Å². The van der Waals surface area contributed by atoms with E-state index in [1.165, 1.54) is 17.0 Å². The smallest absolute Gasteiger partial charge is 0.261 e. The number of likely N-dealkylation sites (tertiary alicyclic amines) is 1. The van der Waals surface area contributed by atoms with Gasteiger partial charge in [0.2, 0.25) is 5.91 Å². The molecule has 0 saturated carbocycles. The van der Waals surface area contributed by atoms with Gasteiger partial charge in [-0.1, -0.05) is 6.07 Å².